The first-order valence-electron chi connectivity index (χ1n) is 5.87. The molecular formula is C13H19FN2. The van der Waals surface area contributed by atoms with Gasteiger partial charge in [0.15, 0.2) is 0 Å². The molecule has 1 aromatic rings. The molecule has 0 aromatic heterocycles. The van der Waals surface area contributed by atoms with E-state index >= 15 is 0 Å². The standard InChI is InChI=1S/C13H19FN2/c1-16(13-4-2-3-12(13)15)9-10-5-7-11(14)8-6-10/h5-8,12-13H,2-4,9,15H2,1H3. The molecule has 0 amide bonds. The fourth-order valence-electron chi connectivity index (χ4n) is 2.51. The Morgan fingerprint density at radius 2 is 2.00 bits per heavy atom. The van der Waals surface area contributed by atoms with Gasteiger partial charge in [-0.3, -0.25) is 4.90 Å². The largest absolute Gasteiger partial charge is 0.326 e. The summed E-state index contributed by atoms with van der Waals surface area (Å²) in [5.41, 5.74) is 7.20. The van der Waals surface area contributed by atoms with E-state index in [-0.39, 0.29) is 5.82 Å². The summed E-state index contributed by atoms with van der Waals surface area (Å²) in [6.45, 7) is 0.846. The van der Waals surface area contributed by atoms with Gasteiger partial charge in [-0.05, 0) is 37.6 Å². The Morgan fingerprint density at radius 3 is 2.56 bits per heavy atom. The number of benzene rings is 1. The molecule has 1 fully saturated rings. The lowest BCUT2D eigenvalue weighted by molar-refractivity contribution is 0.220. The number of nitrogens with two attached hydrogens (primary N) is 1. The highest BCUT2D eigenvalue weighted by Gasteiger charge is 2.27. The van der Waals surface area contributed by atoms with Crippen LogP contribution in [0.5, 0.6) is 0 Å². The minimum absolute atomic E-state index is 0.177. The fourth-order valence-corrected chi connectivity index (χ4v) is 2.51. The quantitative estimate of drug-likeness (QED) is 0.849. The minimum Gasteiger partial charge on any atom is -0.326 e. The van der Waals surface area contributed by atoms with E-state index < -0.39 is 0 Å². The molecule has 0 heterocycles. The van der Waals surface area contributed by atoms with Gasteiger partial charge in [0.2, 0.25) is 0 Å². The highest BCUT2D eigenvalue weighted by atomic mass is 19.1. The average molecular weight is 222 g/mol. The maximum Gasteiger partial charge on any atom is 0.123 e. The van der Waals surface area contributed by atoms with Gasteiger partial charge in [0.05, 0.1) is 0 Å². The van der Waals surface area contributed by atoms with Crippen molar-refractivity contribution in [1.82, 2.24) is 4.90 Å². The van der Waals surface area contributed by atoms with Gasteiger partial charge in [-0.25, -0.2) is 4.39 Å². The van der Waals surface area contributed by atoms with Gasteiger partial charge >= 0.3 is 0 Å². The predicted octanol–water partition coefficient (Wildman–Crippen LogP) is 2.14. The Hall–Kier alpha value is -0.930. The SMILES string of the molecule is CN(Cc1ccc(F)cc1)C1CCCC1N. The van der Waals surface area contributed by atoms with E-state index in [1.807, 2.05) is 12.1 Å². The molecule has 0 radical (unpaired) electrons. The zero-order chi connectivity index (χ0) is 11.5. The Bertz CT molecular complexity index is 336. The lowest BCUT2D eigenvalue weighted by atomic mass is 10.1. The van der Waals surface area contributed by atoms with Crippen LogP contribution >= 0.6 is 0 Å². The number of rotatable bonds is 3. The van der Waals surface area contributed by atoms with Crippen molar-refractivity contribution in [3.63, 3.8) is 0 Å². The van der Waals surface area contributed by atoms with Gasteiger partial charge in [0, 0.05) is 18.6 Å². The van der Waals surface area contributed by atoms with Crippen LogP contribution in [-0.2, 0) is 6.54 Å². The fraction of sp³-hybridized carbons (Fsp3) is 0.538. The van der Waals surface area contributed by atoms with Crippen LogP contribution in [0.2, 0.25) is 0 Å². The van der Waals surface area contributed by atoms with E-state index in [1.165, 1.54) is 25.0 Å². The van der Waals surface area contributed by atoms with E-state index in [1.54, 1.807) is 0 Å². The number of halogens is 1. The minimum atomic E-state index is -0.177. The monoisotopic (exact) mass is 222 g/mol. The molecule has 1 aliphatic carbocycles. The molecule has 2 rings (SSSR count). The summed E-state index contributed by atoms with van der Waals surface area (Å²) in [6, 6.07) is 7.48. The molecule has 1 aliphatic rings. The summed E-state index contributed by atoms with van der Waals surface area (Å²) in [7, 11) is 2.10. The summed E-state index contributed by atoms with van der Waals surface area (Å²) >= 11 is 0. The maximum atomic E-state index is 12.8. The Morgan fingerprint density at radius 1 is 1.31 bits per heavy atom. The molecule has 2 N–H and O–H groups in total. The lowest BCUT2D eigenvalue weighted by Gasteiger charge is -2.27. The second-order valence-corrected chi connectivity index (χ2v) is 4.70. The van der Waals surface area contributed by atoms with Crippen molar-refractivity contribution >= 4 is 0 Å². The van der Waals surface area contributed by atoms with Crippen molar-refractivity contribution in [3.8, 4) is 0 Å². The van der Waals surface area contributed by atoms with Crippen LogP contribution in [0.15, 0.2) is 24.3 Å². The predicted molar refractivity (Wildman–Crippen MR) is 63.5 cm³/mol. The van der Waals surface area contributed by atoms with Gasteiger partial charge in [0.25, 0.3) is 0 Å². The first-order valence-corrected chi connectivity index (χ1v) is 5.87. The van der Waals surface area contributed by atoms with Crippen LogP contribution in [0.25, 0.3) is 0 Å². The van der Waals surface area contributed by atoms with Crippen molar-refractivity contribution < 1.29 is 4.39 Å². The molecule has 1 saturated carbocycles. The van der Waals surface area contributed by atoms with Crippen LogP contribution in [0, 0.1) is 5.82 Å². The molecule has 2 nitrogen and oxygen atoms in total. The molecule has 2 atom stereocenters. The van der Waals surface area contributed by atoms with Gasteiger partial charge in [0.1, 0.15) is 5.82 Å². The molecule has 0 spiro atoms. The molecule has 16 heavy (non-hydrogen) atoms. The summed E-state index contributed by atoms with van der Waals surface area (Å²) in [5, 5.41) is 0. The van der Waals surface area contributed by atoms with Crippen molar-refractivity contribution in [2.45, 2.75) is 37.9 Å². The van der Waals surface area contributed by atoms with E-state index in [9.17, 15) is 4.39 Å². The third-order valence-corrected chi connectivity index (χ3v) is 3.44. The molecule has 2 unspecified atom stereocenters. The van der Waals surface area contributed by atoms with E-state index in [4.69, 9.17) is 5.73 Å². The number of likely N-dealkylation sites (N-methyl/N-ethyl adjacent to an activating group) is 1. The van der Waals surface area contributed by atoms with Crippen molar-refractivity contribution in [2.75, 3.05) is 7.05 Å². The van der Waals surface area contributed by atoms with E-state index in [0.717, 1.165) is 18.5 Å². The van der Waals surface area contributed by atoms with Gasteiger partial charge in [-0.15, -0.1) is 0 Å². The highest BCUT2D eigenvalue weighted by molar-refractivity contribution is 5.16. The first-order chi connectivity index (χ1) is 7.66. The van der Waals surface area contributed by atoms with Crippen molar-refractivity contribution in [2.24, 2.45) is 5.73 Å². The van der Waals surface area contributed by atoms with Crippen LogP contribution in [0.1, 0.15) is 24.8 Å². The molecule has 0 saturated heterocycles. The van der Waals surface area contributed by atoms with Gasteiger partial charge in [-0.2, -0.15) is 0 Å². The van der Waals surface area contributed by atoms with Crippen molar-refractivity contribution in [1.29, 1.82) is 0 Å². The van der Waals surface area contributed by atoms with Crippen LogP contribution < -0.4 is 5.73 Å². The second-order valence-electron chi connectivity index (χ2n) is 4.70. The number of hydrogen-bond donors (Lipinski definition) is 1. The maximum absolute atomic E-state index is 12.8. The molecule has 3 heteroatoms. The third kappa shape index (κ3) is 2.60. The average Bonchev–Trinajstić information content (AvgIpc) is 2.68. The molecule has 88 valence electrons. The second kappa shape index (κ2) is 4.93. The Labute approximate surface area is 96.2 Å². The highest BCUT2D eigenvalue weighted by Crippen LogP contribution is 2.23. The molecule has 0 aliphatic heterocycles. The lowest BCUT2D eigenvalue weighted by Crippen LogP contribution is -2.41. The molecule has 0 bridgehead atoms. The Kier molecular flexibility index (Phi) is 3.56. The van der Waals surface area contributed by atoms with Gasteiger partial charge in [-0.1, -0.05) is 18.6 Å². The topological polar surface area (TPSA) is 29.3 Å². The normalized spacial score (nSPS) is 25.2. The van der Waals surface area contributed by atoms with E-state index in [2.05, 4.69) is 11.9 Å². The van der Waals surface area contributed by atoms with Crippen LogP contribution in [0.3, 0.4) is 0 Å². The summed E-state index contributed by atoms with van der Waals surface area (Å²) < 4.78 is 12.8. The Balaban J connectivity index is 1.96. The van der Waals surface area contributed by atoms with E-state index in [0.29, 0.717) is 12.1 Å². The van der Waals surface area contributed by atoms with Crippen LogP contribution in [0.4, 0.5) is 4.39 Å². The van der Waals surface area contributed by atoms with Gasteiger partial charge < -0.3 is 5.73 Å². The summed E-state index contributed by atoms with van der Waals surface area (Å²) in [4.78, 5) is 2.28. The molecular weight excluding hydrogens is 203 g/mol. The molecule has 1 aromatic carbocycles. The number of nitrogens with zero attached hydrogens (tertiary/aromatic N) is 1. The summed E-state index contributed by atoms with van der Waals surface area (Å²) in [5.74, 6) is -0.177. The zero-order valence-corrected chi connectivity index (χ0v) is 9.70. The summed E-state index contributed by atoms with van der Waals surface area (Å²) in [6.07, 6.45) is 3.52. The third-order valence-electron chi connectivity index (χ3n) is 3.44. The zero-order valence-electron chi connectivity index (χ0n) is 9.70. The first kappa shape index (κ1) is 11.6. The van der Waals surface area contributed by atoms with Crippen LogP contribution in [-0.4, -0.2) is 24.0 Å². The van der Waals surface area contributed by atoms with Crippen molar-refractivity contribution in [3.05, 3.63) is 35.6 Å². The smallest absolute Gasteiger partial charge is 0.123 e. The number of hydrogen-bond acceptors (Lipinski definition) is 2.